The van der Waals surface area contributed by atoms with Gasteiger partial charge in [0.1, 0.15) is 5.75 Å². The number of aliphatic imine (C=N–C) groups is 1. The number of para-hydroxylation sites is 1. The number of ether oxygens (including phenoxy) is 1. The molecule has 2 N–H and O–H groups in total. The number of halogens is 1. The summed E-state index contributed by atoms with van der Waals surface area (Å²) in [5.74, 6) is 1.48. The Morgan fingerprint density at radius 2 is 1.76 bits per heavy atom. The molecule has 180 valence electrons. The highest BCUT2D eigenvalue weighted by molar-refractivity contribution is 14.0. The third-order valence-electron chi connectivity index (χ3n) is 5.68. The second kappa shape index (κ2) is 14.0. The predicted molar refractivity (Wildman–Crippen MR) is 144 cm³/mol. The summed E-state index contributed by atoms with van der Waals surface area (Å²) < 4.78 is 5.44. The van der Waals surface area contributed by atoms with Crippen LogP contribution in [-0.4, -0.2) is 68.5 Å². The van der Waals surface area contributed by atoms with Crippen LogP contribution in [0.1, 0.15) is 24.0 Å². The molecular weight excluding hydrogens is 529 g/mol. The molecule has 0 radical (unpaired) electrons. The van der Waals surface area contributed by atoms with Crippen LogP contribution in [0, 0.1) is 0 Å². The van der Waals surface area contributed by atoms with Gasteiger partial charge in [-0.3, -0.25) is 9.69 Å². The average Bonchev–Trinajstić information content (AvgIpc) is 2.82. The number of piperidine rings is 1. The molecule has 1 amide bonds. The lowest BCUT2D eigenvalue weighted by Crippen LogP contribution is -2.50. The minimum Gasteiger partial charge on any atom is -0.496 e. The van der Waals surface area contributed by atoms with Crippen molar-refractivity contribution in [1.82, 2.24) is 20.4 Å². The minimum absolute atomic E-state index is 0. The largest absolute Gasteiger partial charge is 0.496 e. The Bertz CT molecular complexity index is 883. The zero-order valence-corrected chi connectivity index (χ0v) is 22.1. The monoisotopic (exact) mass is 565 g/mol. The maximum atomic E-state index is 12.1. The second-order valence-electron chi connectivity index (χ2n) is 8.30. The van der Waals surface area contributed by atoms with E-state index in [0.717, 1.165) is 43.8 Å². The van der Waals surface area contributed by atoms with Crippen LogP contribution >= 0.6 is 24.0 Å². The Balaban J connectivity index is 0.00000385. The Labute approximate surface area is 214 Å². The number of guanidine groups is 1. The van der Waals surface area contributed by atoms with E-state index >= 15 is 0 Å². The van der Waals surface area contributed by atoms with Gasteiger partial charge < -0.3 is 20.3 Å². The lowest BCUT2D eigenvalue weighted by Gasteiger charge is -2.33. The Morgan fingerprint density at radius 1 is 1.09 bits per heavy atom. The molecule has 2 aromatic rings. The first-order valence-corrected chi connectivity index (χ1v) is 11.2. The van der Waals surface area contributed by atoms with Crippen molar-refractivity contribution in [2.24, 2.45) is 4.99 Å². The van der Waals surface area contributed by atoms with E-state index in [1.807, 2.05) is 24.3 Å². The highest BCUT2D eigenvalue weighted by atomic mass is 127. The van der Waals surface area contributed by atoms with E-state index in [9.17, 15) is 4.79 Å². The van der Waals surface area contributed by atoms with Crippen molar-refractivity contribution in [3.63, 3.8) is 0 Å². The van der Waals surface area contributed by atoms with E-state index in [2.05, 4.69) is 45.9 Å². The van der Waals surface area contributed by atoms with Crippen LogP contribution in [0.2, 0.25) is 0 Å². The van der Waals surface area contributed by atoms with E-state index in [1.165, 1.54) is 5.56 Å². The lowest BCUT2D eigenvalue weighted by molar-refractivity contribution is -0.127. The van der Waals surface area contributed by atoms with Crippen LogP contribution in [0.4, 0.5) is 0 Å². The fourth-order valence-corrected chi connectivity index (χ4v) is 3.74. The molecule has 1 saturated heterocycles. The molecular formula is C25H36IN5O2. The summed E-state index contributed by atoms with van der Waals surface area (Å²) in [5.41, 5.74) is 2.36. The first-order valence-electron chi connectivity index (χ1n) is 11.2. The molecule has 0 aliphatic carbocycles. The normalized spacial score (nSPS) is 14.8. The predicted octanol–water partition coefficient (Wildman–Crippen LogP) is 3.10. The smallest absolute Gasteiger partial charge is 0.241 e. The summed E-state index contributed by atoms with van der Waals surface area (Å²) in [6, 6.07) is 18.8. The lowest BCUT2D eigenvalue weighted by atomic mass is 10.0. The Hall–Kier alpha value is -2.33. The van der Waals surface area contributed by atoms with Gasteiger partial charge in [0.15, 0.2) is 5.96 Å². The summed E-state index contributed by atoms with van der Waals surface area (Å²) >= 11 is 0. The summed E-state index contributed by atoms with van der Waals surface area (Å²) in [5, 5.41) is 6.74. The standard InChI is InChI=1S/C25H35N5O2.HI/c1-29(2)24(31)18-27-25(26-17-21-11-7-8-12-23(21)32-3)28-22-13-15-30(16-14-22)19-20-9-5-4-6-10-20;/h4-12,22H,13-19H2,1-3H3,(H2,26,27,28);1H. The maximum Gasteiger partial charge on any atom is 0.241 e. The highest BCUT2D eigenvalue weighted by Gasteiger charge is 2.20. The van der Waals surface area contributed by atoms with Gasteiger partial charge in [0.2, 0.25) is 5.91 Å². The number of hydrogen-bond acceptors (Lipinski definition) is 4. The van der Waals surface area contributed by atoms with Crippen LogP contribution in [0.3, 0.4) is 0 Å². The molecule has 0 aromatic heterocycles. The Morgan fingerprint density at radius 3 is 2.42 bits per heavy atom. The number of likely N-dealkylation sites (tertiary alicyclic amines) is 1. The van der Waals surface area contributed by atoms with Crippen molar-refractivity contribution >= 4 is 35.8 Å². The molecule has 7 nitrogen and oxygen atoms in total. The van der Waals surface area contributed by atoms with Gasteiger partial charge in [-0.1, -0.05) is 48.5 Å². The van der Waals surface area contributed by atoms with Gasteiger partial charge in [-0.25, -0.2) is 4.99 Å². The first-order chi connectivity index (χ1) is 15.5. The van der Waals surface area contributed by atoms with Crippen molar-refractivity contribution in [2.45, 2.75) is 32.0 Å². The van der Waals surface area contributed by atoms with Crippen LogP contribution in [0.25, 0.3) is 0 Å². The van der Waals surface area contributed by atoms with E-state index in [-0.39, 0.29) is 36.4 Å². The number of nitrogens with one attached hydrogen (secondary N) is 2. The molecule has 0 bridgehead atoms. The second-order valence-corrected chi connectivity index (χ2v) is 8.30. The van der Waals surface area contributed by atoms with Gasteiger partial charge in [0, 0.05) is 45.3 Å². The number of likely N-dealkylation sites (N-methyl/N-ethyl adjacent to an activating group) is 1. The molecule has 2 aromatic carbocycles. The van der Waals surface area contributed by atoms with Gasteiger partial charge in [0.05, 0.1) is 20.2 Å². The van der Waals surface area contributed by atoms with E-state index in [0.29, 0.717) is 18.5 Å². The van der Waals surface area contributed by atoms with Crippen molar-refractivity contribution in [3.05, 3.63) is 65.7 Å². The molecule has 0 unspecified atom stereocenters. The van der Waals surface area contributed by atoms with Gasteiger partial charge >= 0.3 is 0 Å². The van der Waals surface area contributed by atoms with Gasteiger partial charge in [0.25, 0.3) is 0 Å². The fraction of sp³-hybridized carbons (Fsp3) is 0.440. The van der Waals surface area contributed by atoms with Gasteiger partial charge in [-0.2, -0.15) is 0 Å². The minimum atomic E-state index is 0. The number of nitrogens with zero attached hydrogens (tertiary/aromatic N) is 3. The van der Waals surface area contributed by atoms with Crippen molar-refractivity contribution in [3.8, 4) is 5.75 Å². The zero-order chi connectivity index (χ0) is 22.8. The third-order valence-corrected chi connectivity index (χ3v) is 5.68. The van der Waals surface area contributed by atoms with Crippen molar-refractivity contribution in [2.75, 3.05) is 40.8 Å². The van der Waals surface area contributed by atoms with Crippen molar-refractivity contribution < 1.29 is 9.53 Å². The Kier molecular flexibility index (Phi) is 11.5. The topological polar surface area (TPSA) is 69.2 Å². The van der Waals surface area contributed by atoms with Crippen molar-refractivity contribution in [1.29, 1.82) is 0 Å². The van der Waals surface area contributed by atoms with Crippen LogP contribution < -0.4 is 15.4 Å². The summed E-state index contributed by atoms with van der Waals surface area (Å²) in [6.07, 6.45) is 2.06. The molecule has 3 rings (SSSR count). The van der Waals surface area contributed by atoms with Gasteiger partial charge in [-0.15, -0.1) is 24.0 Å². The molecule has 1 fully saturated rings. The fourth-order valence-electron chi connectivity index (χ4n) is 3.74. The molecule has 0 saturated carbocycles. The van der Waals surface area contributed by atoms with Gasteiger partial charge in [-0.05, 0) is 24.5 Å². The van der Waals surface area contributed by atoms with Crippen LogP contribution in [0.5, 0.6) is 5.75 Å². The quantitative estimate of drug-likeness (QED) is 0.293. The zero-order valence-electron chi connectivity index (χ0n) is 19.8. The molecule has 1 aliphatic rings. The molecule has 0 spiro atoms. The van der Waals surface area contributed by atoms with Crippen LogP contribution in [0.15, 0.2) is 59.6 Å². The third kappa shape index (κ3) is 8.85. The average molecular weight is 566 g/mol. The molecule has 33 heavy (non-hydrogen) atoms. The van der Waals surface area contributed by atoms with E-state index in [1.54, 1.807) is 26.1 Å². The SMILES string of the molecule is COc1ccccc1CN=C(NCC(=O)N(C)C)NC1CCN(Cc2ccccc2)CC1.I. The number of benzene rings is 2. The summed E-state index contributed by atoms with van der Waals surface area (Å²) in [7, 11) is 5.18. The number of rotatable bonds is 8. The maximum absolute atomic E-state index is 12.1. The first kappa shape index (κ1) is 26.9. The highest BCUT2D eigenvalue weighted by Crippen LogP contribution is 2.18. The number of carbonyl (C=O) groups is 1. The summed E-state index contributed by atoms with van der Waals surface area (Å²) in [6.45, 7) is 3.73. The number of hydrogen-bond donors (Lipinski definition) is 2. The van der Waals surface area contributed by atoms with E-state index in [4.69, 9.17) is 9.73 Å². The summed E-state index contributed by atoms with van der Waals surface area (Å²) in [4.78, 5) is 20.9. The number of carbonyl (C=O) groups excluding carboxylic acids is 1. The number of amides is 1. The molecule has 0 atom stereocenters. The van der Waals surface area contributed by atoms with E-state index < -0.39 is 0 Å². The molecule has 8 heteroatoms. The van der Waals surface area contributed by atoms with Crippen LogP contribution in [-0.2, 0) is 17.9 Å². The molecule has 1 aliphatic heterocycles. The number of methoxy groups -OCH3 is 1. The molecule has 1 heterocycles.